The van der Waals surface area contributed by atoms with Crippen LogP contribution in [0.1, 0.15) is 0 Å². The van der Waals surface area contributed by atoms with E-state index in [2.05, 4.69) is 25.6 Å². The second-order valence-electron chi connectivity index (χ2n) is 3.65. The molecule has 2 aromatic rings. The highest BCUT2D eigenvalue weighted by Gasteiger charge is 2.18. The predicted octanol–water partition coefficient (Wildman–Crippen LogP) is -0.211. The highest BCUT2D eigenvalue weighted by molar-refractivity contribution is 5.99. The van der Waals surface area contributed by atoms with Crippen molar-refractivity contribution in [3.8, 4) is 0 Å². The van der Waals surface area contributed by atoms with Crippen LogP contribution in [0.4, 0.5) is 15.4 Å². The minimum absolute atomic E-state index is 0.326. The first-order valence-electron chi connectivity index (χ1n) is 5.45. The van der Waals surface area contributed by atoms with Crippen LogP contribution >= 0.6 is 0 Å². The zero-order valence-corrected chi connectivity index (χ0v) is 10.7. The quantitative estimate of drug-likeness (QED) is 0.740. The first-order valence-corrected chi connectivity index (χ1v) is 5.45. The van der Waals surface area contributed by atoms with E-state index in [4.69, 9.17) is 0 Å². The van der Waals surface area contributed by atoms with Crippen LogP contribution in [0.5, 0.6) is 0 Å². The number of imidazole rings is 1. The lowest BCUT2D eigenvalue weighted by molar-refractivity contribution is 0.245. The van der Waals surface area contributed by atoms with Gasteiger partial charge in [0.2, 0.25) is 0 Å². The molecule has 0 spiro atoms. The van der Waals surface area contributed by atoms with E-state index in [9.17, 15) is 9.59 Å². The normalized spacial score (nSPS) is 10.3. The van der Waals surface area contributed by atoms with E-state index in [1.807, 2.05) is 0 Å². The minimum atomic E-state index is -0.366. The Labute approximate surface area is 108 Å². The molecule has 2 heterocycles. The van der Waals surface area contributed by atoms with E-state index in [0.717, 1.165) is 0 Å². The highest BCUT2D eigenvalue weighted by atomic mass is 16.2. The summed E-state index contributed by atoms with van der Waals surface area (Å²) >= 11 is 0. The zero-order valence-electron chi connectivity index (χ0n) is 10.7. The third-order valence-corrected chi connectivity index (χ3v) is 2.58. The summed E-state index contributed by atoms with van der Waals surface area (Å²) in [5, 5.41) is 4.95. The molecule has 0 aliphatic carbocycles. The molecule has 0 unspecified atom stereocenters. The van der Waals surface area contributed by atoms with Crippen molar-refractivity contribution >= 4 is 29.0 Å². The summed E-state index contributed by atoms with van der Waals surface area (Å²) < 4.78 is 1.25. The molecule has 2 aromatic heterocycles. The number of hydrogen-bond acceptors (Lipinski definition) is 5. The van der Waals surface area contributed by atoms with Crippen LogP contribution in [0.25, 0.3) is 11.2 Å². The van der Waals surface area contributed by atoms with Crippen LogP contribution in [0.15, 0.2) is 12.7 Å². The van der Waals surface area contributed by atoms with Crippen molar-refractivity contribution in [2.24, 2.45) is 0 Å². The molecule has 0 radical (unpaired) electrons. The molecule has 9 heteroatoms. The van der Waals surface area contributed by atoms with Crippen molar-refractivity contribution in [2.45, 2.75) is 0 Å². The summed E-state index contributed by atoms with van der Waals surface area (Å²) in [6.07, 6.45) is 2.61. The lowest BCUT2D eigenvalue weighted by Gasteiger charge is -2.15. The van der Waals surface area contributed by atoms with E-state index >= 15 is 0 Å². The number of aromatic nitrogens is 4. The number of nitrogens with zero attached hydrogens (tertiary/aromatic N) is 5. The number of carbonyl (C=O) groups is 2. The fourth-order valence-corrected chi connectivity index (χ4v) is 1.60. The Morgan fingerprint density at radius 3 is 2.58 bits per heavy atom. The van der Waals surface area contributed by atoms with Crippen LogP contribution < -0.4 is 15.5 Å². The SMILES string of the molecule is CNC(=O)N(C)c1ncnc2c1ncn2C(=O)NC. The van der Waals surface area contributed by atoms with Crippen LogP contribution in [0, 0.1) is 0 Å². The molecule has 0 fully saturated rings. The van der Waals surface area contributed by atoms with Gasteiger partial charge in [-0.3, -0.25) is 4.90 Å². The largest absolute Gasteiger partial charge is 0.341 e. The molecular formula is C10H13N7O2. The molecule has 0 aromatic carbocycles. The van der Waals surface area contributed by atoms with Gasteiger partial charge in [0.1, 0.15) is 12.7 Å². The molecule has 0 bridgehead atoms. The van der Waals surface area contributed by atoms with Gasteiger partial charge in [-0.2, -0.15) is 0 Å². The van der Waals surface area contributed by atoms with Crippen LogP contribution in [-0.4, -0.2) is 52.7 Å². The Balaban J connectivity index is 2.56. The second kappa shape index (κ2) is 4.88. The lowest BCUT2D eigenvalue weighted by atomic mass is 10.4. The molecule has 0 saturated heterocycles. The molecule has 0 saturated carbocycles. The Morgan fingerprint density at radius 1 is 1.21 bits per heavy atom. The van der Waals surface area contributed by atoms with Crippen molar-refractivity contribution < 1.29 is 9.59 Å². The third kappa shape index (κ3) is 2.05. The van der Waals surface area contributed by atoms with Crippen LogP contribution in [-0.2, 0) is 0 Å². The van der Waals surface area contributed by atoms with Crippen molar-refractivity contribution in [3.05, 3.63) is 12.7 Å². The number of fused-ring (bicyclic) bond motifs is 1. The second-order valence-corrected chi connectivity index (χ2v) is 3.65. The van der Waals surface area contributed by atoms with E-state index in [1.54, 1.807) is 7.05 Å². The lowest BCUT2D eigenvalue weighted by Crippen LogP contribution is -2.35. The maximum Gasteiger partial charge on any atom is 0.328 e. The van der Waals surface area contributed by atoms with Gasteiger partial charge in [0.05, 0.1) is 0 Å². The average molecular weight is 263 g/mol. The minimum Gasteiger partial charge on any atom is -0.341 e. The first kappa shape index (κ1) is 12.7. The highest BCUT2D eigenvalue weighted by Crippen LogP contribution is 2.20. The fraction of sp³-hybridized carbons (Fsp3) is 0.300. The summed E-state index contributed by atoms with van der Waals surface area (Å²) in [6, 6.07) is -0.704. The Hall–Kier alpha value is -2.71. The number of amides is 3. The maximum atomic E-state index is 11.6. The molecule has 9 nitrogen and oxygen atoms in total. The molecule has 0 atom stereocenters. The van der Waals surface area contributed by atoms with Gasteiger partial charge in [-0.1, -0.05) is 0 Å². The third-order valence-electron chi connectivity index (χ3n) is 2.58. The molecule has 2 rings (SSSR count). The smallest absolute Gasteiger partial charge is 0.328 e. The Morgan fingerprint density at radius 2 is 1.95 bits per heavy atom. The average Bonchev–Trinajstić information content (AvgIpc) is 2.88. The van der Waals surface area contributed by atoms with Gasteiger partial charge in [-0.05, 0) is 0 Å². The zero-order chi connectivity index (χ0) is 14.0. The Bertz CT molecular complexity index is 636. The summed E-state index contributed by atoms with van der Waals surface area (Å²) in [7, 11) is 4.58. The van der Waals surface area contributed by atoms with Gasteiger partial charge in [-0.15, -0.1) is 0 Å². The van der Waals surface area contributed by atoms with Crippen molar-refractivity contribution in [3.63, 3.8) is 0 Å². The van der Waals surface area contributed by atoms with E-state index < -0.39 is 0 Å². The van der Waals surface area contributed by atoms with Gasteiger partial charge in [0.25, 0.3) is 0 Å². The Kier molecular flexibility index (Phi) is 3.27. The summed E-state index contributed by atoms with van der Waals surface area (Å²) in [5.74, 6) is 0.326. The molecule has 0 aliphatic heterocycles. The van der Waals surface area contributed by atoms with Gasteiger partial charge >= 0.3 is 12.1 Å². The summed E-state index contributed by atoms with van der Waals surface area (Å²) in [4.78, 5) is 36.6. The number of urea groups is 1. The standard InChI is InChI=1S/C10H13N7O2/c1-11-9(18)16(3)7-6-8(14-4-13-7)17(5-15-6)10(19)12-2/h4-5H,1-3H3,(H,11,18)(H,12,19). The number of anilines is 1. The van der Waals surface area contributed by atoms with Crippen molar-refractivity contribution in [2.75, 3.05) is 26.0 Å². The molecule has 0 aliphatic rings. The van der Waals surface area contributed by atoms with Crippen LogP contribution in [0.2, 0.25) is 0 Å². The molecular weight excluding hydrogens is 250 g/mol. The molecule has 19 heavy (non-hydrogen) atoms. The van der Waals surface area contributed by atoms with Gasteiger partial charge < -0.3 is 10.6 Å². The van der Waals surface area contributed by atoms with Crippen molar-refractivity contribution in [1.29, 1.82) is 0 Å². The van der Waals surface area contributed by atoms with Gasteiger partial charge in [0, 0.05) is 21.1 Å². The monoisotopic (exact) mass is 263 g/mol. The topological polar surface area (TPSA) is 105 Å². The molecule has 100 valence electrons. The van der Waals surface area contributed by atoms with E-state index in [0.29, 0.717) is 17.0 Å². The fourth-order valence-electron chi connectivity index (χ4n) is 1.60. The number of hydrogen-bond donors (Lipinski definition) is 2. The van der Waals surface area contributed by atoms with E-state index in [1.165, 1.54) is 36.2 Å². The number of nitrogens with one attached hydrogen (secondary N) is 2. The number of rotatable bonds is 1. The van der Waals surface area contributed by atoms with Crippen LogP contribution in [0.3, 0.4) is 0 Å². The van der Waals surface area contributed by atoms with E-state index in [-0.39, 0.29) is 12.1 Å². The number of carbonyl (C=O) groups excluding carboxylic acids is 2. The summed E-state index contributed by atoms with van der Waals surface area (Å²) in [5.41, 5.74) is 0.706. The van der Waals surface area contributed by atoms with Gasteiger partial charge in [-0.25, -0.2) is 29.1 Å². The van der Waals surface area contributed by atoms with Gasteiger partial charge in [0.15, 0.2) is 17.0 Å². The van der Waals surface area contributed by atoms with Crippen molar-refractivity contribution in [1.82, 2.24) is 30.2 Å². The molecule has 3 amide bonds. The maximum absolute atomic E-state index is 11.6. The summed E-state index contributed by atoms with van der Waals surface area (Å²) in [6.45, 7) is 0. The predicted molar refractivity (Wildman–Crippen MR) is 68.0 cm³/mol. The molecule has 2 N–H and O–H groups in total. The first-order chi connectivity index (χ1) is 9.10.